The first-order chi connectivity index (χ1) is 18.1. The van der Waals surface area contributed by atoms with Crippen molar-refractivity contribution in [1.82, 2.24) is 10.6 Å². The van der Waals surface area contributed by atoms with E-state index in [0.717, 1.165) is 24.0 Å². The maximum Gasteiger partial charge on any atom is 0.226 e. The number of benzene rings is 3. The molecule has 196 valence electrons. The minimum atomic E-state index is -0.717. The van der Waals surface area contributed by atoms with E-state index in [0.29, 0.717) is 23.7 Å². The number of nitrogens with one attached hydrogen (secondary N) is 2. The van der Waals surface area contributed by atoms with Gasteiger partial charge in [-0.15, -0.1) is 0 Å². The Kier molecular flexibility index (Phi) is 11.5. The predicted molar refractivity (Wildman–Crippen MR) is 147 cm³/mol. The van der Waals surface area contributed by atoms with Gasteiger partial charge in [0.25, 0.3) is 0 Å². The third-order valence-electron chi connectivity index (χ3n) is 6.05. The van der Waals surface area contributed by atoms with Crippen molar-refractivity contribution in [2.24, 2.45) is 0 Å². The Morgan fingerprint density at radius 1 is 0.730 bits per heavy atom. The van der Waals surface area contributed by atoms with E-state index in [-0.39, 0.29) is 24.7 Å². The summed E-state index contributed by atoms with van der Waals surface area (Å²) in [6.45, 7) is 2.77. The van der Waals surface area contributed by atoms with Crippen LogP contribution in [-0.2, 0) is 22.4 Å². The van der Waals surface area contributed by atoms with Gasteiger partial charge < -0.3 is 20.1 Å². The summed E-state index contributed by atoms with van der Waals surface area (Å²) in [5.74, 6) is 0.827. The van der Waals surface area contributed by atoms with Crippen LogP contribution in [0.4, 0.5) is 0 Å². The molecule has 0 bridgehead atoms. The Morgan fingerprint density at radius 3 is 1.84 bits per heavy atom. The van der Waals surface area contributed by atoms with Crippen LogP contribution in [0.15, 0.2) is 78.9 Å². The lowest BCUT2D eigenvalue weighted by Gasteiger charge is -2.22. The summed E-state index contributed by atoms with van der Waals surface area (Å²) in [6, 6.07) is 24.5. The molecule has 0 heterocycles. The van der Waals surface area contributed by atoms with Crippen LogP contribution in [0, 0.1) is 0 Å². The van der Waals surface area contributed by atoms with E-state index in [9.17, 15) is 9.59 Å². The van der Waals surface area contributed by atoms with Crippen molar-refractivity contribution >= 4 is 11.8 Å². The van der Waals surface area contributed by atoms with E-state index in [2.05, 4.69) is 17.6 Å². The molecule has 0 aromatic heterocycles. The number of hydrogen-bond acceptors (Lipinski definition) is 4. The Balaban J connectivity index is 1.74. The molecule has 0 spiro atoms. The van der Waals surface area contributed by atoms with E-state index >= 15 is 0 Å². The molecule has 0 saturated carbocycles. The zero-order valence-electron chi connectivity index (χ0n) is 21.9. The third-order valence-corrected chi connectivity index (χ3v) is 6.05. The van der Waals surface area contributed by atoms with Gasteiger partial charge in [-0.2, -0.15) is 0 Å². The quantitative estimate of drug-likeness (QED) is 0.205. The van der Waals surface area contributed by atoms with Crippen LogP contribution in [0.1, 0.15) is 61.9 Å². The number of carbonyl (C=O) groups is 2. The normalized spacial score (nSPS) is 10.7. The second-order valence-corrected chi connectivity index (χ2v) is 9.07. The van der Waals surface area contributed by atoms with Gasteiger partial charge in [0.2, 0.25) is 11.8 Å². The number of hydrogen-bond donors (Lipinski definition) is 2. The third kappa shape index (κ3) is 9.64. The Morgan fingerprint density at radius 2 is 1.30 bits per heavy atom. The highest BCUT2D eigenvalue weighted by atomic mass is 16.5. The van der Waals surface area contributed by atoms with Crippen molar-refractivity contribution < 1.29 is 19.1 Å². The van der Waals surface area contributed by atoms with Crippen LogP contribution in [0.3, 0.4) is 0 Å². The average Bonchev–Trinajstić information content (AvgIpc) is 2.91. The minimum absolute atomic E-state index is 0.189. The first-order valence-corrected chi connectivity index (χ1v) is 13.1. The zero-order chi connectivity index (χ0) is 26.3. The average molecular weight is 503 g/mol. The van der Waals surface area contributed by atoms with Gasteiger partial charge in [0.15, 0.2) is 11.5 Å². The van der Waals surface area contributed by atoms with Gasteiger partial charge in [0.1, 0.15) is 6.17 Å². The van der Waals surface area contributed by atoms with Crippen molar-refractivity contribution in [3.8, 4) is 11.5 Å². The van der Waals surface area contributed by atoms with E-state index in [1.165, 1.54) is 19.3 Å². The molecule has 6 heteroatoms. The first-order valence-electron chi connectivity index (χ1n) is 13.1. The Labute approximate surface area is 220 Å². The molecule has 0 aliphatic heterocycles. The summed E-state index contributed by atoms with van der Waals surface area (Å²) in [5.41, 5.74) is 2.51. The molecule has 0 aliphatic rings. The fraction of sp³-hybridized carbons (Fsp3) is 0.355. The molecule has 3 aromatic rings. The van der Waals surface area contributed by atoms with Gasteiger partial charge >= 0.3 is 0 Å². The van der Waals surface area contributed by atoms with Crippen LogP contribution < -0.4 is 20.1 Å². The second-order valence-electron chi connectivity index (χ2n) is 9.07. The fourth-order valence-electron chi connectivity index (χ4n) is 4.06. The standard InChI is InChI=1S/C31H38N2O4/c1-3-4-5-6-13-20-37-28-23-26(18-19-27(28)36-2)31(32-29(34)21-24-14-9-7-10-15-24)33-30(35)22-25-16-11-8-12-17-25/h7-12,14-19,23,31H,3-6,13,20-22H2,1-2H3,(H,32,34)(H,33,35). The molecule has 37 heavy (non-hydrogen) atoms. The lowest BCUT2D eigenvalue weighted by Crippen LogP contribution is -2.42. The van der Waals surface area contributed by atoms with E-state index in [4.69, 9.17) is 9.47 Å². The molecule has 0 atom stereocenters. The molecule has 0 aliphatic carbocycles. The largest absolute Gasteiger partial charge is 0.493 e. The Bertz CT molecular complexity index is 1050. The summed E-state index contributed by atoms with van der Waals surface area (Å²) >= 11 is 0. The van der Waals surface area contributed by atoms with Crippen molar-refractivity contribution in [3.05, 3.63) is 95.6 Å². The SMILES string of the molecule is CCCCCCCOc1cc(C(NC(=O)Cc2ccccc2)NC(=O)Cc2ccccc2)ccc1OC. The van der Waals surface area contributed by atoms with Crippen LogP contribution in [0.2, 0.25) is 0 Å². The molecule has 2 amide bonds. The number of methoxy groups -OCH3 is 1. The fourth-order valence-corrected chi connectivity index (χ4v) is 4.06. The van der Waals surface area contributed by atoms with Gasteiger partial charge in [0, 0.05) is 0 Å². The van der Waals surface area contributed by atoms with E-state index in [1.54, 1.807) is 13.2 Å². The van der Waals surface area contributed by atoms with Gasteiger partial charge in [0.05, 0.1) is 26.6 Å². The van der Waals surface area contributed by atoms with Crippen molar-refractivity contribution in [1.29, 1.82) is 0 Å². The maximum absolute atomic E-state index is 12.9. The van der Waals surface area contributed by atoms with Crippen molar-refractivity contribution in [3.63, 3.8) is 0 Å². The monoisotopic (exact) mass is 502 g/mol. The summed E-state index contributed by atoms with van der Waals surface area (Å²) in [6.07, 6.45) is 5.40. The number of unbranched alkanes of at least 4 members (excludes halogenated alkanes) is 4. The lowest BCUT2D eigenvalue weighted by molar-refractivity contribution is -0.123. The molecule has 0 unspecified atom stereocenters. The van der Waals surface area contributed by atoms with Gasteiger partial charge in [-0.05, 0) is 35.2 Å². The number of carbonyl (C=O) groups excluding carboxylic acids is 2. The zero-order valence-corrected chi connectivity index (χ0v) is 21.9. The molecule has 3 rings (SSSR count). The topological polar surface area (TPSA) is 76.7 Å². The summed E-state index contributed by atoms with van der Waals surface area (Å²) in [4.78, 5) is 25.8. The number of amides is 2. The summed E-state index contributed by atoms with van der Waals surface area (Å²) < 4.78 is 11.5. The van der Waals surface area contributed by atoms with Gasteiger partial charge in [-0.25, -0.2) is 0 Å². The van der Waals surface area contributed by atoms with Crippen LogP contribution >= 0.6 is 0 Å². The highest BCUT2D eigenvalue weighted by Crippen LogP contribution is 2.30. The molecule has 0 radical (unpaired) electrons. The lowest BCUT2D eigenvalue weighted by atomic mass is 10.1. The molecule has 0 saturated heterocycles. The van der Waals surface area contributed by atoms with Crippen molar-refractivity contribution in [2.45, 2.75) is 58.0 Å². The van der Waals surface area contributed by atoms with Crippen LogP contribution in [0.25, 0.3) is 0 Å². The van der Waals surface area contributed by atoms with E-state index in [1.807, 2.05) is 72.8 Å². The highest BCUT2D eigenvalue weighted by molar-refractivity contribution is 5.82. The molecule has 6 nitrogen and oxygen atoms in total. The number of ether oxygens (including phenoxy) is 2. The maximum atomic E-state index is 12.9. The second kappa shape index (κ2) is 15.3. The minimum Gasteiger partial charge on any atom is -0.493 e. The Hall–Kier alpha value is -3.80. The van der Waals surface area contributed by atoms with Gasteiger partial charge in [-0.3, -0.25) is 9.59 Å². The molecular formula is C31H38N2O4. The number of rotatable bonds is 15. The molecule has 3 aromatic carbocycles. The first kappa shape index (κ1) is 27.8. The van der Waals surface area contributed by atoms with Gasteiger partial charge in [-0.1, -0.05) is 99.3 Å². The highest BCUT2D eigenvalue weighted by Gasteiger charge is 2.20. The summed E-state index contributed by atoms with van der Waals surface area (Å²) in [5, 5.41) is 5.97. The molecule has 2 N–H and O–H groups in total. The smallest absolute Gasteiger partial charge is 0.226 e. The summed E-state index contributed by atoms with van der Waals surface area (Å²) in [7, 11) is 1.60. The van der Waals surface area contributed by atoms with E-state index < -0.39 is 6.17 Å². The molecule has 0 fully saturated rings. The van der Waals surface area contributed by atoms with Crippen molar-refractivity contribution in [2.75, 3.05) is 13.7 Å². The van der Waals surface area contributed by atoms with Crippen LogP contribution in [0.5, 0.6) is 11.5 Å². The molecular weight excluding hydrogens is 464 g/mol. The van der Waals surface area contributed by atoms with Crippen LogP contribution in [-0.4, -0.2) is 25.5 Å². The predicted octanol–water partition coefficient (Wildman–Crippen LogP) is 5.76.